The molecule has 0 spiro atoms. The zero-order valence-corrected chi connectivity index (χ0v) is 13.2. The van der Waals surface area contributed by atoms with Gasteiger partial charge in [0, 0.05) is 0 Å². The Bertz CT molecular complexity index is 480. The largest absolute Gasteiger partial charge is 0.490 e. The predicted octanol–water partition coefficient (Wildman–Crippen LogP) is 2.41. The Hall–Kier alpha value is -1.34. The Labute approximate surface area is 126 Å². The van der Waals surface area contributed by atoms with Crippen molar-refractivity contribution >= 4 is 39.5 Å². The van der Waals surface area contributed by atoms with Crippen molar-refractivity contribution in [3.63, 3.8) is 0 Å². The van der Waals surface area contributed by atoms with Crippen LogP contribution in [-0.4, -0.2) is 24.5 Å². The van der Waals surface area contributed by atoms with E-state index in [1.807, 2.05) is 26.0 Å². The Balaban J connectivity index is 3.01. The van der Waals surface area contributed by atoms with Gasteiger partial charge in [-0.05, 0) is 59.7 Å². The molecule has 7 heteroatoms. The minimum Gasteiger partial charge on any atom is -0.490 e. The summed E-state index contributed by atoms with van der Waals surface area (Å²) in [6.45, 7) is 4.95. The average molecular weight is 346 g/mol. The summed E-state index contributed by atoms with van der Waals surface area (Å²) >= 11 is 8.11. The van der Waals surface area contributed by atoms with Crippen LogP contribution >= 0.6 is 28.1 Å². The van der Waals surface area contributed by atoms with Crippen molar-refractivity contribution < 1.29 is 9.47 Å². The highest BCUT2D eigenvalue weighted by Crippen LogP contribution is 2.36. The minimum absolute atomic E-state index is 0.117. The summed E-state index contributed by atoms with van der Waals surface area (Å²) in [6.07, 6.45) is 1.60. The molecule has 0 aliphatic rings. The second kappa shape index (κ2) is 7.96. The molecule has 0 aliphatic carbocycles. The monoisotopic (exact) mass is 345 g/mol. The van der Waals surface area contributed by atoms with E-state index in [9.17, 15) is 0 Å². The van der Waals surface area contributed by atoms with Gasteiger partial charge in [-0.25, -0.2) is 0 Å². The number of rotatable bonds is 6. The molecule has 0 heterocycles. The summed E-state index contributed by atoms with van der Waals surface area (Å²) in [5.41, 5.74) is 8.61. The molecule has 104 valence electrons. The first-order valence-electron chi connectivity index (χ1n) is 5.76. The third-order valence-electron chi connectivity index (χ3n) is 2.01. The molecule has 1 aromatic carbocycles. The van der Waals surface area contributed by atoms with Gasteiger partial charge in [-0.3, -0.25) is 5.43 Å². The summed E-state index contributed by atoms with van der Waals surface area (Å²) < 4.78 is 11.9. The molecule has 1 aromatic rings. The van der Waals surface area contributed by atoms with Gasteiger partial charge < -0.3 is 15.2 Å². The van der Waals surface area contributed by atoms with Crippen LogP contribution in [0, 0.1) is 0 Å². The van der Waals surface area contributed by atoms with Gasteiger partial charge in [0.1, 0.15) is 0 Å². The van der Waals surface area contributed by atoms with Crippen LogP contribution in [-0.2, 0) is 0 Å². The van der Waals surface area contributed by atoms with Gasteiger partial charge in [0.25, 0.3) is 0 Å². The Morgan fingerprint density at radius 1 is 1.42 bits per heavy atom. The van der Waals surface area contributed by atoms with Gasteiger partial charge in [0.2, 0.25) is 0 Å². The molecule has 5 nitrogen and oxygen atoms in total. The normalized spacial score (nSPS) is 10.5. The van der Waals surface area contributed by atoms with Crippen LogP contribution in [0.1, 0.15) is 19.4 Å². The number of nitrogens with two attached hydrogens (primary N) is 1. The number of nitrogens with zero attached hydrogens (tertiary/aromatic N) is 1. The zero-order chi connectivity index (χ0) is 14.3. The summed E-state index contributed by atoms with van der Waals surface area (Å²) in [4.78, 5) is 0. The quantitative estimate of drug-likeness (QED) is 0.470. The fraction of sp³-hybridized carbons (Fsp3) is 0.333. The summed E-state index contributed by atoms with van der Waals surface area (Å²) in [6, 6.07) is 3.71. The number of thiocarbonyl (C=S) groups is 1. The van der Waals surface area contributed by atoms with E-state index >= 15 is 0 Å². The standard InChI is InChI=1S/C12H16BrN3O2S/c1-3-17-10-6-8(7-15-16-12(14)19)5-9(13)11(10)18-4-2/h5-7H,3-4H2,1-2H3,(H3,14,16,19)/b15-7-. The molecule has 1 rings (SSSR count). The van der Waals surface area contributed by atoms with Gasteiger partial charge in [-0.15, -0.1) is 0 Å². The van der Waals surface area contributed by atoms with Crippen LogP contribution < -0.4 is 20.6 Å². The lowest BCUT2D eigenvalue weighted by molar-refractivity contribution is 0.286. The Morgan fingerprint density at radius 3 is 2.68 bits per heavy atom. The SMILES string of the molecule is CCOc1cc(/C=N\NC(N)=S)cc(Br)c1OCC. The van der Waals surface area contributed by atoms with Crippen molar-refractivity contribution in [2.24, 2.45) is 10.8 Å². The van der Waals surface area contributed by atoms with Gasteiger partial charge >= 0.3 is 0 Å². The lowest BCUT2D eigenvalue weighted by Crippen LogP contribution is -2.23. The topological polar surface area (TPSA) is 68.9 Å². The van der Waals surface area contributed by atoms with Crippen molar-refractivity contribution in [1.29, 1.82) is 0 Å². The lowest BCUT2D eigenvalue weighted by Gasteiger charge is -2.13. The first kappa shape index (κ1) is 15.7. The molecular weight excluding hydrogens is 330 g/mol. The van der Waals surface area contributed by atoms with Crippen LogP contribution in [0.25, 0.3) is 0 Å². The fourth-order valence-electron chi connectivity index (χ4n) is 1.38. The third kappa shape index (κ3) is 5.04. The molecule has 0 saturated heterocycles. The summed E-state index contributed by atoms with van der Waals surface area (Å²) in [5.74, 6) is 1.35. The van der Waals surface area contributed by atoms with E-state index in [0.29, 0.717) is 24.7 Å². The molecule has 0 amide bonds. The Kier molecular flexibility index (Phi) is 6.58. The molecule has 0 unspecified atom stereocenters. The number of hydrogen-bond acceptors (Lipinski definition) is 4. The summed E-state index contributed by atoms with van der Waals surface area (Å²) in [7, 11) is 0. The average Bonchev–Trinajstić information content (AvgIpc) is 2.33. The minimum atomic E-state index is 0.117. The van der Waals surface area contributed by atoms with Crippen LogP contribution in [0.3, 0.4) is 0 Å². The fourth-order valence-corrected chi connectivity index (χ4v) is 2.01. The molecule has 0 saturated carbocycles. The van der Waals surface area contributed by atoms with E-state index in [2.05, 4.69) is 38.7 Å². The smallest absolute Gasteiger partial charge is 0.184 e. The van der Waals surface area contributed by atoms with Crippen molar-refractivity contribution in [2.45, 2.75) is 13.8 Å². The van der Waals surface area contributed by atoms with Crippen molar-refractivity contribution in [2.75, 3.05) is 13.2 Å². The number of ether oxygens (including phenoxy) is 2. The molecule has 3 N–H and O–H groups in total. The second-order valence-corrected chi connectivity index (χ2v) is 4.72. The van der Waals surface area contributed by atoms with E-state index < -0.39 is 0 Å². The highest BCUT2D eigenvalue weighted by Gasteiger charge is 2.11. The molecular formula is C12H16BrN3O2S. The van der Waals surface area contributed by atoms with E-state index in [1.54, 1.807) is 6.21 Å². The van der Waals surface area contributed by atoms with Crippen molar-refractivity contribution in [3.05, 3.63) is 22.2 Å². The van der Waals surface area contributed by atoms with E-state index in [1.165, 1.54) is 0 Å². The van der Waals surface area contributed by atoms with E-state index in [-0.39, 0.29) is 5.11 Å². The molecule has 0 fully saturated rings. The van der Waals surface area contributed by atoms with Crippen molar-refractivity contribution in [1.82, 2.24) is 5.43 Å². The van der Waals surface area contributed by atoms with Crippen LogP contribution in [0.5, 0.6) is 11.5 Å². The molecule has 0 radical (unpaired) electrons. The highest BCUT2D eigenvalue weighted by atomic mass is 79.9. The van der Waals surface area contributed by atoms with Gasteiger partial charge in [0.05, 0.1) is 23.9 Å². The second-order valence-electron chi connectivity index (χ2n) is 3.43. The van der Waals surface area contributed by atoms with Gasteiger partial charge in [0.15, 0.2) is 16.6 Å². The van der Waals surface area contributed by atoms with Gasteiger partial charge in [-0.1, -0.05) is 0 Å². The number of hydrogen-bond donors (Lipinski definition) is 2. The molecule has 19 heavy (non-hydrogen) atoms. The lowest BCUT2D eigenvalue weighted by atomic mass is 10.2. The van der Waals surface area contributed by atoms with Crippen molar-refractivity contribution in [3.8, 4) is 11.5 Å². The van der Waals surface area contributed by atoms with Crippen LogP contribution in [0.15, 0.2) is 21.7 Å². The maximum atomic E-state index is 5.55. The van der Waals surface area contributed by atoms with Gasteiger partial charge in [-0.2, -0.15) is 5.10 Å². The van der Waals surface area contributed by atoms with E-state index in [0.717, 1.165) is 10.0 Å². The number of hydrazone groups is 1. The zero-order valence-electron chi connectivity index (χ0n) is 10.8. The first-order valence-corrected chi connectivity index (χ1v) is 6.96. The predicted molar refractivity (Wildman–Crippen MR) is 84.0 cm³/mol. The summed E-state index contributed by atoms with van der Waals surface area (Å²) in [5, 5.41) is 4.02. The Morgan fingerprint density at radius 2 is 2.11 bits per heavy atom. The molecule has 0 aliphatic heterocycles. The van der Waals surface area contributed by atoms with E-state index in [4.69, 9.17) is 15.2 Å². The number of benzene rings is 1. The number of halogens is 1. The molecule has 0 bridgehead atoms. The maximum absolute atomic E-state index is 5.55. The maximum Gasteiger partial charge on any atom is 0.184 e. The van der Waals surface area contributed by atoms with Crippen LogP contribution in [0.4, 0.5) is 0 Å². The van der Waals surface area contributed by atoms with Crippen LogP contribution in [0.2, 0.25) is 0 Å². The molecule has 0 aromatic heterocycles. The first-order chi connectivity index (χ1) is 9.08. The molecule has 0 atom stereocenters. The third-order valence-corrected chi connectivity index (χ3v) is 2.69. The highest BCUT2D eigenvalue weighted by molar-refractivity contribution is 9.10. The number of nitrogens with one attached hydrogen (secondary N) is 1.